The molecule has 6 nitrogen and oxygen atoms in total. The topological polar surface area (TPSA) is 79.8 Å². The molecule has 0 aliphatic carbocycles. The Labute approximate surface area is 120 Å². The fraction of sp³-hybridized carbons (Fsp3) is 0.133. The van der Waals surface area contributed by atoms with Crippen LogP contribution in [0.15, 0.2) is 47.5 Å². The number of hydrogen-bond acceptors (Lipinski definition) is 3. The molecule has 21 heavy (non-hydrogen) atoms. The highest BCUT2D eigenvalue weighted by Crippen LogP contribution is 2.12. The van der Waals surface area contributed by atoms with Crippen molar-refractivity contribution in [2.75, 3.05) is 5.32 Å². The summed E-state index contributed by atoms with van der Waals surface area (Å²) in [5, 5.41) is 10.0. The second-order valence-corrected chi connectivity index (χ2v) is 4.78. The van der Waals surface area contributed by atoms with Gasteiger partial charge in [-0.05, 0) is 19.1 Å². The lowest BCUT2D eigenvalue weighted by molar-refractivity contribution is -0.116. The minimum absolute atomic E-state index is 0.0482. The van der Waals surface area contributed by atoms with Crippen LogP contribution in [-0.4, -0.2) is 20.7 Å². The van der Waals surface area contributed by atoms with Crippen LogP contribution in [0.1, 0.15) is 5.69 Å². The number of aryl methyl sites for hydroxylation is 1. The standard InChI is InChI=1S/C15H14N4O2/c1-10-12(8-16-18-10)17-15(21)9-19-7-6-14(20)11-4-2-3-5-13(11)19/h2-8H,9H2,1H3,(H,16,18)(H,17,21). The highest BCUT2D eigenvalue weighted by Gasteiger charge is 2.09. The molecule has 3 aromatic rings. The Hall–Kier alpha value is -2.89. The van der Waals surface area contributed by atoms with Crippen molar-refractivity contribution in [3.8, 4) is 0 Å². The Morgan fingerprint density at radius 2 is 2.14 bits per heavy atom. The van der Waals surface area contributed by atoms with E-state index in [2.05, 4.69) is 15.5 Å². The van der Waals surface area contributed by atoms with Gasteiger partial charge in [0.1, 0.15) is 6.54 Å². The van der Waals surface area contributed by atoms with Gasteiger partial charge < -0.3 is 9.88 Å². The molecule has 3 rings (SSSR count). The molecule has 106 valence electrons. The summed E-state index contributed by atoms with van der Waals surface area (Å²) < 4.78 is 1.75. The zero-order chi connectivity index (χ0) is 14.8. The lowest BCUT2D eigenvalue weighted by Gasteiger charge is -2.10. The van der Waals surface area contributed by atoms with E-state index in [1.165, 1.54) is 6.07 Å². The van der Waals surface area contributed by atoms with Gasteiger partial charge in [-0.15, -0.1) is 0 Å². The average molecular weight is 282 g/mol. The Morgan fingerprint density at radius 3 is 2.90 bits per heavy atom. The normalized spacial score (nSPS) is 10.7. The predicted molar refractivity (Wildman–Crippen MR) is 80.2 cm³/mol. The molecule has 1 aromatic carbocycles. The first kappa shape index (κ1) is 13.1. The second-order valence-electron chi connectivity index (χ2n) is 4.78. The molecule has 0 aliphatic rings. The molecular formula is C15H14N4O2. The van der Waals surface area contributed by atoms with Crippen molar-refractivity contribution in [3.05, 3.63) is 58.6 Å². The van der Waals surface area contributed by atoms with Gasteiger partial charge in [-0.3, -0.25) is 14.7 Å². The van der Waals surface area contributed by atoms with Crippen LogP contribution >= 0.6 is 0 Å². The summed E-state index contributed by atoms with van der Waals surface area (Å²) in [5.41, 5.74) is 2.15. The fourth-order valence-electron chi connectivity index (χ4n) is 2.22. The number of fused-ring (bicyclic) bond motifs is 1. The van der Waals surface area contributed by atoms with Crippen molar-refractivity contribution >= 4 is 22.5 Å². The highest BCUT2D eigenvalue weighted by molar-refractivity contribution is 5.92. The Kier molecular flexibility index (Phi) is 3.27. The van der Waals surface area contributed by atoms with Crippen LogP contribution in [-0.2, 0) is 11.3 Å². The number of anilines is 1. The van der Waals surface area contributed by atoms with Crippen LogP contribution in [0.5, 0.6) is 0 Å². The predicted octanol–water partition coefficient (Wildman–Crippen LogP) is 1.67. The quantitative estimate of drug-likeness (QED) is 0.767. The minimum Gasteiger partial charge on any atom is -0.338 e. The number of aromatic amines is 1. The molecule has 0 radical (unpaired) electrons. The fourth-order valence-corrected chi connectivity index (χ4v) is 2.22. The van der Waals surface area contributed by atoms with E-state index in [1.54, 1.807) is 23.0 Å². The number of pyridine rings is 1. The molecule has 2 aromatic heterocycles. The maximum atomic E-state index is 12.1. The summed E-state index contributed by atoms with van der Waals surface area (Å²) in [4.78, 5) is 23.9. The molecule has 2 heterocycles. The van der Waals surface area contributed by atoms with E-state index < -0.39 is 0 Å². The number of amides is 1. The molecule has 2 N–H and O–H groups in total. The number of aromatic nitrogens is 3. The third-order valence-corrected chi connectivity index (χ3v) is 3.30. The molecule has 0 saturated heterocycles. The molecular weight excluding hydrogens is 268 g/mol. The number of benzene rings is 1. The van der Waals surface area contributed by atoms with Gasteiger partial charge in [0, 0.05) is 17.6 Å². The number of para-hydroxylation sites is 1. The van der Waals surface area contributed by atoms with Crippen LogP contribution < -0.4 is 10.7 Å². The number of nitrogens with zero attached hydrogens (tertiary/aromatic N) is 2. The monoisotopic (exact) mass is 282 g/mol. The average Bonchev–Trinajstić information content (AvgIpc) is 2.88. The number of hydrogen-bond donors (Lipinski definition) is 2. The minimum atomic E-state index is -0.173. The Bertz CT molecular complexity index is 863. The third kappa shape index (κ3) is 2.55. The summed E-state index contributed by atoms with van der Waals surface area (Å²) in [5.74, 6) is -0.173. The van der Waals surface area contributed by atoms with Crippen molar-refractivity contribution in [2.45, 2.75) is 13.5 Å². The van der Waals surface area contributed by atoms with Crippen molar-refractivity contribution in [2.24, 2.45) is 0 Å². The van der Waals surface area contributed by atoms with Gasteiger partial charge in [-0.2, -0.15) is 5.10 Å². The molecule has 0 spiro atoms. The van der Waals surface area contributed by atoms with Crippen molar-refractivity contribution in [1.82, 2.24) is 14.8 Å². The van der Waals surface area contributed by atoms with Crippen LogP contribution in [0, 0.1) is 6.92 Å². The number of carbonyl (C=O) groups excluding carboxylic acids is 1. The largest absolute Gasteiger partial charge is 0.338 e. The molecule has 0 aliphatic heterocycles. The van der Waals surface area contributed by atoms with Crippen molar-refractivity contribution < 1.29 is 4.79 Å². The van der Waals surface area contributed by atoms with Gasteiger partial charge in [0.15, 0.2) is 5.43 Å². The van der Waals surface area contributed by atoms with Crippen LogP contribution in [0.4, 0.5) is 5.69 Å². The SMILES string of the molecule is Cc1[nH]ncc1NC(=O)Cn1ccc(=O)c2ccccc21. The van der Waals surface area contributed by atoms with Gasteiger partial charge in [0.05, 0.1) is 23.1 Å². The molecule has 1 amide bonds. The van der Waals surface area contributed by atoms with E-state index in [4.69, 9.17) is 0 Å². The lowest BCUT2D eigenvalue weighted by Crippen LogP contribution is -2.20. The first-order chi connectivity index (χ1) is 10.1. The number of carbonyl (C=O) groups is 1. The summed E-state index contributed by atoms with van der Waals surface area (Å²) in [6.45, 7) is 1.96. The van der Waals surface area contributed by atoms with E-state index in [0.717, 1.165) is 11.2 Å². The van der Waals surface area contributed by atoms with E-state index in [9.17, 15) is 9.59 Å². The van der Waals surface area contributed by atoms with Crippen LogP contribution in [0.25, 0.3) is 10.9 Å². The zero-order valence-corrected chi connectivity index (χ0v) is 11.5. The Morgan fingerprint density at radius 1 is 1.33 bits per heavy atom. The van der Waals surface area contributed by atoms with Crippen molar-refractivity contribution in [1.29, 1.82) is 0 Å². The molecule has 0 bridgehead atoms. The third-order valence-electron chi connectivity index (χ3n) is 3.30. The maximum absolute atomic E-state index is 12.1. The maximum Gasteiger partial charge on any atom is 0.244 e. The van der Waals surface area contributed by atoms with E-state index in [0.29, 0.717) is 11.1 Å². The number of rotatable bonds is 3. The summed E-state index contributed by atoms with van der Waals surface area (Å²) in [7, 11) is 0. The molecule has 0 unspecified atom stereocenters. The first-order valence-corrected chi connectivity index (χ1v) is 6.53. The number of nitrogens with one attached hydrogen (secondary N) is 2. The van der Waals surface area contributed by atoms with Gasteiger partial charge in [0.25, 0.3) is 0 Å². The first-order valence-electron chi connectivity index (χ1n) is 6.53. The lowest BCUT2D eigenvalue weighted by atomic mass is 10.2. The van der Waals surface area contributed by atoms with Crippen LogP contribution in [0.3, 0.4) is 0 Å². The van der Waals surface area contributed by atoms with E-state index in [-0.39, 0.29) is 17.9 Å². The zero-order valence-electron chi connectivity index (χ0n) is 11.5. The van der Waals surface area contributed by atoms with Crippen LogP contribution in [0.2, 0.25) is 0 Å². The summed E-state index contributed by atoms with van der Waals surface area (Å²) >= 11 is 0. The Balaban J connectivity index is 1.88. The van der Waals surface area contributed by atoms with Gasteiger partial charge >= 0.3 is 0 Å². The van der Waals surface area contributed by atoms with Gasteiger partial charge in [-0.25, -0.2) is 0 Å². The second kappa shape index (κ2) is 5.24. The molecule has 0 saturated carbocycles. The van der Waals surface area contributed by atoms with E-state index >= 15 is 0 Å². The van der Waals surface area contributed by atoms with Gasteiger partial charge in [0.2, 0.25) is 5.91 Å². The molecule has 0 fully saturated rings. The van der Waals surface area contributed by atoms with Gasteiger partial charge in [-0.1, -0.05) is 12.1 Å². The summed E-state index contributed by atoms with van der Waals surface area (Å²) in [6, 6.07) is 8.71. The van der Waals surface area contributed by atoms with E-state index in [1.807, 2.05) is 25.1 Å². The molecule has 6 heteroatoms. The van der Waals surface area contributed by atoms with Crippen molar-refractivity contribution in [3.63, 3.8) is 0 Å². The molecule has 0 atom stereocenters. The summed E-state index contributed by atoms with van der Waals surface area (Å²) in [6.07, 6.45) is 3.20. The highest BCUT2D eigenvalue weighted by atomic mass is 16.2. The number of H-pyrrole nitrogens is 1. The smallest absolute Gasteiger partial charge is 0.244 e.